The zero-order chi connectivity index (χ0) is 33.2. The van der Waals surface area contributed by atoms with Crippen molar-refractivity contribution in [2.24, 2.45) is 5.92 Å². The number of aliphatic hydroxyl groups is 2. The topological polar surface area (TPSA) is 93.1 Å². The third-order valence-corrected chi connectivity index (χ3v) is 7.58. The molecule has 0 saturated heterocycles. The third kappa shape index (κ3) is 34.5. The first-order valence-electron chi connectivity index (χ1n) is 18.2. The second-order valence-corrected chi connectivity index (χ2v) is 12.7. The second kappa shape index (κ2) is 33.2. The molecule has 0 aromatic heterocycles. The quantitative estimate of drug-likeness (QED) is 0.0342. The third-order valence-electron chi connectivity index (χ3n) is 7.58. The van der Waals surface area contributed by atoms with Crippen LogP contribution in [0.25, 0.3) is 0 Å². The Labute approximate surface area is 276 Å². The highest BCUT2D eigenvalue weighted by Gasteiger charge is 2.12. The number of ether oxygens (including phenoxy) is 2. The van der Waals surface area contributed by atoms with Crippen LogP contribution in [0.2, 0.25) is 0 Å². The van der Waals surface area contributed by atoms with Crippen LogP contribution in [0.15, 0.2) is 48.6 Å². The maximum Gasteiger partial charge on any atom is 0.305 e. The van der Waals surface area contributed by atoms with Gasteiger partial charge in [-0.3, -0.25) is 9.59 Å². The van der Waals surface area contributed by atoms with Crippen LogP contribution in [0, 0.1) is 5.92 Å². The van der Waals surface area contributed by atoms with E-state index in [1.54, 1.807) is 6.08 Å². The van der Waals surface area contributed by atoms with Crippen LogP contribution < -0.4 is 0 Å². The van der Waals surface area contributed by atoms with Gasteiger partial charge in [-0.05, 0) is 50.9 Å². The molecule has 0 aromatic carbocycles. The van der Waals surface area contributed by atoms with Crippen molar-refractivity contribution in [1.29, 1.82) is 0 Å². The Morgan fingerprint density at radius 3 is 1.80 bits per heavy atom. The molecule has 0 aliphatic carbocycles. The minimum absolute atomic E-state index is 0.149. The lowest BCUT2D eigenvalue weighted by molar-refractivity contribution is -0.152. The maximum atomic E-state index is 11.9. The van der Waals surface area contributed by atoms with E-state index in [9.17, 15) is 19.8 Å². The maximum absolute atomic E-state index is 11.9. The van der Waals surface area contributed by atoms with Crippen molar-refractivity contribution in [1.82, 2.24) is 0 Å². The number of esters is 2. The number of carbonyl (C=O) groups is 2. The summed E-state index contributed by atoms with van der Waals surface area (Å²) in [4.78, 5) is 23.8. The highest BCUT2D eigenvalue weighted by atomic mass is 16.6. The molecule has 6 nitrogen and oxygen atoms in total. The average molecular weight is 633 g/mol. The zero-order valence-corrected chi connectivity index (χ0v) is 29.1. The van der Waals surface area contributed by atoms with Gasteiger partial charge in [-0.1, -0.05) is 146 Å². The summed E-state index contributed by atoms with van der Waals surface area (Å²) in [5.41, 5.74) is 0. The molecule has 0 amide bonds. The van der Waals surface area contributed by atoms with Gasteiger partial charge in [-0.15, -0.1) is 0 Å². The summed E-state index contributed by atoms with van der Waals surface area (Å²) in [6, 6.07) is 0. The summed E-state index contributed by atoms with van der Waals surface area (Å²) in [5.74, 6) is 0.150. The first-order chi connectivity index (χ1) is 21.8. The fourth-order valence-electron chi connectivity index (χ4n) is 4.76. The summed E-state index contributed by atoms with van der Waals surface area (Å²) in [7, 11) is 0. The predicted octanol–water partition coefficient (Wildman–Crippen LogP) is 9.89. The van der Waals surface area contributed by atoms with Crippen molar-refractivity contribution in [3.8, 4) is 0 Å². The van der Waals surface area contributed by atoms with E-state index in [1.165, 1.54) is 70.6 Å². The SMILES string of the molecule is CCCCC/C=C\C[C@@H](O)/C=C/C=C\C/C=C\CCCC(=O)OC[C@@H](O)COC(=O)CCCCCCCCCCCCC(C)C. The van der Waals surface area contributed by atoms with Gasteiger partial charge in [0.1, 0.15) is 19.3 Å². The van der Waals surface area contributed by atoms with Gasteiger partial charge in [0.2, 0.25) is 0 Å². The summed E-state index contributed by atoms with van der Waals surface area (Å²) >= 11 is 0. The molecule has 0 saturated carbocycles. The van der Waals surface area contributed by atoms with Gasteiger partial charge in [0, 0.05) is 12.8 Å². The lowest BCUT2D eigenvalue weighted by Gasteiger charge is -2.12. The monoisotopic (exact) mass is 633 g/mol. The van der Waals surface area contributed by atoms with Crippen LogP contribution in [0.3, 0.4) is 0 Å². The van der Waals surface area contributed by atoms with Crippen LogP contribution in [0.4, 0.5) is 0 Å². The Morgan fingerprint density at radius 1 is 0.622 bits per heavy atom. The summed E-state index contributed by atoms with van der Waals surface area (Å²) in [5, 5.41) is 19.9. The molecule has 0 unspecified atom stereocenters. The smallest absolute Gasteiger partial charge is 0.305 e. The minimum Gasteiger partial charge on any atom is -0.463 e. The number of hydrogen-bond acceptors (Lipinski definition) is 6. The van der Waals surface area contributed by atoms with E-state index in [2.05, 4.69) is 26.8 Å². The Kier molecular flexibility index (Phi) is 31.6. The molecule has 45 heavy (non-hydrogen) atoms. The van der Waals surface area contributed by atoms with E-state index in [4.69, 9.17) is 9.47 Å². The highest BCUT2D eigenvalue weighted by molar-refractivity contribution is 5.69. The molecule has 0 rings (SSSR count). The van der Waals surface area contributed by atoms with E-state index in [-0.39, 0.29) is 31.6 Å². The van der Waals surface area contributed by atoms with Crippen molar-refractivity contribution in [3.63, 3.8) is 0 Å². The van der Waals surface area contributed by atoms with Crippen LogP contribution in [-0.2, 0) is 19.1 Å². The molecular weight excluding hydrogens is 564 g/mol. The lowest BCUT2D eigenvalue weighted by atomic mass is 10.0. The molecule has 0 radical (unpaired) electrons. The van der Waals surface area contributed by atoms with E-state index in [1.807, 2.05) is 36.5 Å². The molecular formula is C39H68O6. The van der Waals surface area contributed by atoms with Gasteiger partial charge in [0.15, 0.2) is 0 Å². The summed E-state index contributed by atoms with van der Waals surface area (Å²) in [6.45, 7) is 6.46. The number of allylic oxidation sites excluding steroid dienone is 6. The Hall–Kier alpha value is -2.18. The van der Waals surface area contributed by atoms with Crippen LogP contribution >= 0.6 is 0 Å². The van der Waals surface area contributed by atoms with E-state index >= 15 is 0 Å². The van der Waals surface area contributed by atoms with Crippen molar-refractivity contribution in [2.45, 2.75) is 168 Å². The van der Waals surface area contributed by atoms with E-state index in [0.29, 0.717) is 19.3 Å². The number of carbonyl (C=O) groups excluding carboxylic acids is 2. The van der Waals surface area contributed by atoms with Gasteiger partial charge >= 0.3 is 11.9 Å². The van der Waals surface area contributed by atoms with Crippen LogP contribution in [0.1, 0.15) is 156 Å². The van der Waals surface area contributed by atoms with Gasteiger partial charge in [-0.25, -0.2) is 0 Å². The standard InChI is InChI=1S/C39H68O6/c1-4-5-6-7-19-24-29-36(40)30-25-20-15-12-13-17-22-27-32-39(43)45-34-37(41)33-44-38(42)31-26-21-16-11-9-8-10-14-18-23-28-35(2)3/h13,15,17,19-20,24-25,30,35-37,40-41H,4-12,14,16,18,21-23,26-29,31-34H2,1-3H3/b17-13-,20-15-,24-19-,30-25+/t36-,37+/m1/s1. The lowest BCUT2D eigenvalue weighted by Crippen LogP contribution is -2.25. The molecule has 0 aliphatic rings. The molecule has 0 heterocycles. The summed E-state index contributed by atoms with van der Waals surface area (Å²) in [6.07, 6.45) is 36.2. The van der Waals surface area contributed by atoms with Gasteiger partial charge in [0.25, 0.3) is 0 Å². The van der Waals surface area contributed by atoms with Crippen LogP contribution in [0.5, 0.6) is 0 Å². The van der Waals surface area contributed by atoms with Crippen molar-refractivity contribution in [3.05, 3.63) is 48.6 Å². The highest BCUT2D eigenvalue weighted by Crippen LogP contribution is 2.14. The van der Waals surface area contributed by atoms with Crippen molar-refractivity contribution in [2.75, 3.05) is 13.2 Å². The molecule has 2 atom stereocenters. The number of aliphatic hydroxyl groups excluding tert-OH is 2. The Balaban J connectivity index is 3.64. The first-order valence-corrected chi connectivity index (χ1v) is 18.2. The molecule has 0 bridgehead atoms. The van der Waals surface area contributed by atoms with Crippen LogP contribution in [-0.4, -0.2) is 47.6 Å². The van der Waals surface area contributed by atoms with Gasteiger partial charge < -0.3 is 19.7 Å². The van der Waals surface area contributed by atoms with Crippen molar-refractivity contribution >= 4 is 11.9 Å². The average Bonchev–Trinajstić information content (AvgIpc) is 3.01. The second-order valence-electron chi connectivity index (χ2n) is 12.7. The largest absolute Gasteiger partial charge is 0.463 e. The summed E-state index contributed by atoms with van der Waals surface area (Å²) < 4.78 is 10.2. The van der Waals surface area contributed by atoms with E-state index in [0.717, 1.165) is 44.4 Å². The zero-order valence-electron chi connectivity index (χ0n) is 29.1. The van der Waals surface area contributed by atoms with E-state index < -0.39 is 12.2 Å². The van der Waals surface area contributed by atoms with Crippen molar-refractivity contribution < 1.29 is 29.3 Å². The predicted molar refractivity (Wildman–Crippen MR) is 188 cm³/mol. The van der Waals surface area contributed by atoms with Gasteiger partial charge in [0.05, 0.1) is 6.10 Å². The normalized spacial score (nSPS) is 13.6. The molecule has 0 fully saturated rings. The number of hydrogen-bond donors (Lipinski definition) is 2. The fraction of sp³-hybridized carbons (Fsp3) is 0.744. The minimum atomic E-state index is -1.00. The molecule has 6 heteroatoms. The first kappa shape index (κ1) is 42.8. The number of rotatable bonds is 31. The van der Waals surface area contributed by atoms with Gasteiger partial charge in [-0.2, -0.15) is 0 Å². The molecule has 2 N–H and O–H groups in total. The Bertz CT molecular complexity index is 797. The Morgan fingerprint density at radius 2 is 1.18 bits per heavy atom. The molecule has 260 valence electrons. The molecule has 0 aromatic rings. The molecule has 0 aliphatic heterocycles. The molecule has 0 spiro atoms. The number of unbranched alkanes of at least 4 members (excludes halogenated alkanes) is 13. The fourth-order valence-corrected chi connectivity index (χ4v) is 4.76.